The number of nitrogens with zero attached hydrogens (tertiary/aromatic N) is 1. The summed E-state index contributed by atoms with van der Waals surface area (Å²) < 4.78 is 1.79. The van der Waals surface area contributed by atoms with Crippen molar-refractivity contribution >= 4 is 34.0 Å². The van der Waals surface area contributed by atoms with E-state index in [2.05, 4.69) is 10.6 Å². The van der Waals surface area contributed by atoms with Crippen molar-refractivity contribution in [2.45, 2.75) is 29.8 Å². The van der Waals surface area contributed by atoms with E-state index in [1.54, 1.807) is 35.8 Å². The van der Waals surface area contributed by atoms with Gasteiger partial charge in [-0.25, -0.2) is 0 Å². The molecule has 1 heterocycles. The highest BCUT2D eigenvalue weighted by Gasteiger charge is 2.50. The Kier molecular flexibility index (Phi) is 9.98. The lowest BCUT2D eigenvalue weighted by molar-refractivity contribution is -0.437. The molecule has 1 aliphatic heterocycles. The first-order valence-corrected chi connectivity index (χ1v) is 12.8. The summed E-state index contributed by atoms with van der Waals surface area (Å²) in [5.74, 6) is -1.16. The molecule has 2 amide bonds. The van der Waals surface area contributed by atoms with Gasteiger partial charge >= 0.3 is 0 Å². The van der Waals surface area contributed by atoms with E-state index >= 15 is 0 Å². The molecule has 0 fully saturated rings. The summed E-state index contributed by atoms with van der Waals surface area (Å²) in [6, 6.07) is 8.22. The van der Waals surface area contributed by atoms with Gasteiger partial charge in [-0.15, -0.1) is 0 Å². The molecule has 13 heteroatoms. The maximum atomic E-state index is 12.8. The lowest BCUT2D eigenvalue weighted by atomic mass is 9.77. The zero-order valence-electron chi connectivity index (χ0n) is 22.3. The van der Waals surface area contributed by atoms with Gasteiger partial charge in [0.05, 0.1) is 64.8 Å². The third-order valence-corrected chi connectivity index (χ3v) is 7.83. The van der Waals surface area contributed by atoms with E-state index < -0.39 is 81.2 Å². The van der Waals surface area contributed by atoms with E-state index in [1.807, 2.05) is 0 Å². The molecule has 0 saturated carbocycles. The van der Waals surface area contributed by atoms with E-state index in [1.165, 1.54) is 6.07 Å². The lowest BCUT2D eigenvalue weighted by Crippen LogP contribution is -2.57. The van der Waals surface area contributed by atoms with Crippen molar-refractivity contribution in [3.63, 3.8) is 0 Å². The molecule has 0 unspecified atom stereocenters. The average Bonchev–Trinajstić information content (AvgIpc) is 3.24. The van der Waals surface area contributed by atoms with Gasteiger partial charge in [0.25, 0.3) is 5.91 Å². The van der Waals surface area contributed by atoms with Gasteiger partial charge in [0, 0.05) is 18.6 Å². The van der Waals surface area contributed by atoms with Crippen molar-refractivity contribution in [1.82, 2.24) is 10.6 Å². The zero-order valence-corrected chi connectivity index (χ0v) is 22.3. The maximum absolute atomic E-state index is 12.8. The Labute approximate surface area is 230 Å². The molecule has 13 nitrogen and oxygen atoms in total. The smallest absolute Gasteiger partial charge is 0.251 e. The Morgan fingerprint density at radius 1 is 0.800 bits per heavy atom. The van der Waals surface area contributed by atoms with E-state index in [-0.39, 0.29) is 18.5 Å². The average molecular weight is 565 g/mol. The Hall–Kier alpha value is -3.01. The van der Waals surface area contributed by atoms with Gasteiger partial charge in [-0.2, -0.15) is 4.58 Å². The molecule has 40 heavy (non-hydrogen) atoms. The molecule has 10 N–H and O–H groups in total. The van der Waals surface area contributed by atoms with Crippen LogP contribution in [0.1, 0.15) is 29.3 Å². The van der Waals surface area contributed by atoms with Crippen LogP contribution in [0.5, 0.6) is 0 Å². The monoisotopic (exact) mass is 564 g/mol. The molecule has 0 bridgehead atoms. The third-order valence-electron chi connectivity index (χ3n) is 7.83. The number of nitrogens with one attached hydrogen (secondary N) is 2. The Balaban J connectivity index is 1.98. The Morgan fingerprint density at radius 3 is 1.88 bits per heavy atom. The van der Waals surface area contributed by atoms with Crippen LogP contribution < -0.4 is 10.6 Å². The minimum absolute atomic E-state index is 0.0923. The molecular formula is C27H38N3O10+. The molecule has 0 aliphatic carbocycles. The molecule has 2 aromatic rings. The number of aliphatic hydroxyl groups excluding tert-OH is 8. The van der Waals surface area contributed by atoms with Crippen molar-refractivity contribution < 1.29 is 55.0 Å². The molecule has 0 atom stereocenters. The minimum Gasteiger partial charge on any atom is -0.395 e. The summed E-state index contributed by atoms with van der Waals surface area (Å²) in [6.45, 7) is -3.03. The number of rotatable bonds is 14. The molecule has 0 saturated heterocycles. The van der Waals surface area contributed by atoms with Gasteiger partial charge in [0.2, 0.25) is 11.6 Å². The van der Waals surface area contributed by atoms with E-state index in [4.69, 9.17) is 0 Å². The van der Waals surface area contributed by atoms with Crippen LogP contribution in [-0.4, -0.2) is 133 Å². The fourth-order valence-corrected chi connectivity index (χ4v) is 4.95. The molecule has 3 rings (SSSR count). The molecule has 0 spiro atoms. The normalized spacial score (nSPS) is 14.9. The summed E-state index contributed by atoms with van der Waals surface area (Å²) >= 11 is 0. The summed E-state index contributed by atoms with van der Waals surface area (Å²) in [5, 5.41) is 84.2. The summed E-state index contributed by atoms with van der Waals surface area (Å²) in [5.41, 5.74) is -2.34. The van der Waals surface area contributed by atoms with Crippen LogP contribution in [0.15, 0.2) is 30.3 Å². The van der Waals surface area contributed by atoms with Crippen LogP contribution in [-0.2, 0) is 10.2 Å². The second kappa shape index (κ2) is 12.7. The fraction of sp³-hybridized carbons (Fsp3) is 0.519. The topological polar surface area (TPSA) is 223 Å². The fourth-order valence-electron chi connectivity index (χ4n) is 4.95. The molecule has 220 valence electrons. The third kappa shape index (κ3) is 5.47. The highest BCUT2D eigenvalue weighted by molar-refractivity contribution is 6.05. The van der Waals surface area contributed by atoms with Crippen molar-refractivity contribution in [3.05, 3.63) is 41.5 Å². The summed E-state index contributed by atoms with van der Waals surface area (Å²) in [4.78, 5) is 25.5. The number of carbonyl (C=O) groups is 2. The first-order chi connectivity index (χ1) is 19.1. The van der Waals surface area contributed by atoms with Gasteiger partial charge in [0.15, 0.2) is 12.3 Å². The molecule has 2 aromatic carbocycles. The van der Waals surface area contributed by atoms with Crippen LogP contribution in [0.2, 0.25) is 0 Å². The number of benzene rings is 2. The maximum Gasteiger partial charge on any atom is 0.251 e. The van der Waals surface area contributed by atoms with Crippen LogP contribution in [0.25, 0.3) is 10.8 Å². The van der Waals surface area contributed by atoms with Crippen LogP contribution in [0.4, 0.5) is 5.69 Å². The van der Waals surface area contributed by atoms with Crippen molar-refractivity contribution in [3.8, 4) is 0 Å². The quantitative estimate of drug-likeness (QED) is 0.104. The molecule has 0 radical (unpaired) electrons. The minimum atomic E-state index is -1.60. The van der Waals surface area contributed by atoms with Gasteiger partial charge in [-0.3, -0.25) is 9.59 Å². The number of aliphatic hydroxyl groups is 8. The predicted octanol–water partition coefficient (Wildman–Crippen LogP) is -3.15. The summed E-state index contributed by atoms with van der Waals surface area (Å²) in [6.07, 6.45) is -0.0923. The highest BCUT2D eigenvalue weighted by atomic mass is 16.3. The molecule has 0 aromatic heterocycles. The number of hydrogen-bond donors (Lipinski definition) is 10. The molecular weight excluding hydrogens is 526 g/mol. The van der Waals surface area contributed by atoms with Crippen molar-refractivity contribution in [1.29, 1.82) is 0 Å². The second-order valence-corrected chi connectivity index (χ2v) is 10.3. The van der Waals surface area contributed by atoms with E-state index in [9.17, 15) is 50.4 Å². The van der Waals surface area contributed by atoms with Crippen LogP contribution >= 0.6 is 0 Å². The van der Waals surface area contributed by atoms with Gasteiger partial charge in [-0.1, -0.05) is 6.07 Å². The standard InChI is InChI=1S/C27H37N3O10/c1-17-27(15-37,16-38)23-20-4-2-19(24(40)29-26(12-34,13-35)14-36)8-18(20)3-5-21(23)30(17)7-6-22(39)28-25(9-31,10-32)11-33/h2-5,8,31-38H,6-7,9-16H2,1H3,(H-,28,29,39,40)/p+1. The van der Waals surface area contributed by atoms with Crippen LogP contribution in [0, 0.1) is 0 Å². The number of fused-ring (bicyclic) bond motifs is 3. The Bertz CT molecular complexity index is 1250. The van der Waals surface area contributed by atoms with Gasteiger partial charge < -0.3 is 51.5 Å². The number of amides is 2. The summed E-state index contributed by atoms with van der Waals surface area (Å²) in [7, 11) is 0. The first kappa shape index (κ1) is 31.5. The SMILES string of the molecule is CC1=[N+](CCC(=O)NC(CO)(CO)CO)c2ccc3cc(C(=O)NC(CO)(CO)CO)ccc3c2C1(CO)CO. The predicted molar refractivity (Wildman–Crippen MR) is 143 cm³/mol. The largest absolute Gasteiger partial charge is 0.395 e. The zero-order chi connectivity index (χ0) is 29.7. The molecule has 1 aliphatic rings. The van der Waals surface area contributed by atoms with Gasteiger partial charge in [0.1, 0.15) is 16.5 Å². The van der Waals surface area contributed by atoms with Crippen molar-refractivity contribution in [2.24, 2.45) is 0 Å². The van der Waals surface area contributed by atoms with Gasteiger partial charge in [-0.05, 0) is 29.0 Å². The van der Waals surface area contributed by atoms with Crippen molar-refractivity contribution in [2.75, 3.05) is 59.4 Å². The van der Waals surface area contributed by atoms with Crippen LogP contribution in [0.3, 0.4) is 0 Å². The second-order valence-electron chi connectivity index (χ2n) is 10.3. The number of hydrogen-bond acceptors (Lipinski definition) is 10. The first-order valence-electron chi connectivity index (χ1n) is 12.8. The number of carbonyl (C=O) groups excluding carboxylic acids is 2. The Morgan fingerprint density at radius 2 is 1.35 bits per heavy atom. The van der Waals surface area contributed by atoms with E-state index in [0.29, 0.717) is 27.7 Å². The lowest BCUT2D eigenvalue weighted by Gasteiger charge is -2.28. The van der Waals surface area contributed by atoms with E-state index in [0.717, 1.165) is 0 Å². The highest BCUT2D eigenvalue weighted by Crippen LogP contribution is 2.44.